The highest BCUT2D eigenvalue weighted by molar-refractivity contribution is 7.89. The average Bonchev–Trinajstić information content (AvgIpc) is 2.69. The lowest BCUT2D eigenvalue weighted by molar-refractivity contribution is 0.598. The minimum atomic E-state index is -3.72. The van der Waals surface area contributed by atoms with Crippen LogP contribution in [0.4, 0.5) is 0 Å². The molecule has 0 unspecified atom stereocenters. The van der Waals surface area contributed by atoms with E-state index in [0.29, 0.717) is 11.3 Å². The van der Waals surface area contributed by atoms with Crippen molar-refractivity contribution in [3.05, 3.63) is 30.5 Å². The van der Waals surface area contributed by atoms with E-state index in [1.165, 1.54) is 12.3 Å². The van der Waals surface area contributed by atoms with E-state index in [0.717, 1.165) is 11.7 Å². The molecule has 2 rings (SSSR count). The van der Waals surface area contributed by atoms with Gasteiger partial charge in [0.25, 0.3) is 0 Å². The van der Waals surface area contributed by atoms with Crippen molar-refractivity contribution >= 4 is 21.8 Å². The number of benzene rings is 1. The second-order valence-electron chi connectivity index (χ2n) is 2.83. The molecule has 0 atom stereocenters. The van der Waals surface area contributed by atoms with Crippen LogP contribution in [0.3, 0.4) is 0 Å². The molecule has 0 amide bonds. The summed E-state index contributed by atoms with van der Waals surface area (Å²) in [4.78, 5) is 0.0673. The fraction of sp³-hybridized carbons (Fsp3) is 0. The number of sulfonamides is 1. The zero-order valence-electron chi connectivity index (χ0n) is 7.49. The van der Waals surface area contributed by atoms with Gasteiger partial charge in [0.2, 0.25) is 10.0 Å². The van der Waals surface area contributed by atoms with Crippen LogP contribution in [0.2, 0.25) is 0 Å². The van der Waals surface area contributed by atoms with Gasteiger partial charge in [0.1, 0.15) is 5.69 Å². The molecule has 0 saturated heterocycles. The molecule has 78 valence electrons. The lowest BCUT2D eigenvalue weighted by Gasteiger charge is -2.03. The third kappa shape index (κ3) is 2.04. The normalized spacial score (nSPS) is 11.5. The van der Waals surface area contributed by atoms with Crippen molar-refractivity contribution in [1.29, 1.82) is 0 Å². The average molecular weight is 241 g/mol. The maximum absolute atomic E-state index is 11.3. The summed E-state index contributed by atoms with van der Waals surface area (Å²) in [7, 11) is -3.72. The highest BCUT2D eigenvalue weighted by Gasteiger charge is 2.15. The van der Waals surface area contributed by atoms with Crippen LogP contribution < -0.4 is 5.14 Å². The van der Waals surface area contributed by atoms with E-state index >= 15 is 0 Å². The number of aromatic nitrogens is 2. The SMILES string of the molecule is NS(=O)(=O)c1ccccc1-c1cnsn1. The number of primary sulfonamides is 1. The van der Waals surface area contributed by atoms with Gasteiger partial charge in [0.15, 0.2) is 0 Å². The summed E-state index contributed by atoms with van der Waals surface area (Å²) >= 11 is 1.02. The number of hydrogen-bond acceptors (Lipinski definition) is 5. The maximum Gasteiger partial charge on any atom is 0.238 e. The van der Waals surface area contributed by atoms with Gasteiger partial charge in [-0.05, 0) is 6.07 Å². The predicted octanol–water partition coefficient (Wildman–Crippen LogP) is 0.853. The van der Waals surface area contributed by atoms with Gasteiger partial charge < -0.3 is 0 Å². The summed E-state index contributed by atoms with van der Waals surface area (Å²) in [5, 5.41) is 5.09. The van der Waals surface area contributed by atoms with Crippen LogP contribution in [0.1, 0.15) is 0 Å². The van der Waals surface area contributed by atoms with E-state index in [-0.39, 0.29) is 4.90 Å². The van der Waals surface area contributed by atoms with Gasteiger partial charge in [-0.2, -0.15) is 8.75 Å². The summed E-state index contributed by atoms with van der Waals surface area (Å²) in [6.07, 6.45) is 1.51. The molecular formula is C8H7N3O2S2. The lowest BCUT2D eigenvalue weighted by atomic mass is 10.2. The first-order valence-electron chi connectivity index (χ1n) is 3.99. The van der Waals surface area contributed by atoms with Gasteiger partial charge in [-0.15, -0.1) is 0 Å². The quantitative estimate of drug-likeness (QED) is 0.844. The van der Waals surface area contributed by atoms with E-state index in [2.05, 4.69) is 8.75 Å². The predicted molar refractivity (Wildman–Crippen MR) is 56.7 cm³/mol. The van der Waals surface area contributed by atoms with Crippen molar-refractivity contribution in [2.45, 2.75) is 4.90 Å². The molecule has 0 bridgehead atoms. The first kappa shape index (κ1) is 10.2. The molecule has 15 heavy (non-hydrogen) atoms. The zero-order valence-corrected chi connectivity index (χ0v) is 9.12. The van der Waals surface area contributed by atoms with Crippen molar-refractivity contribution in [2.75, 3.05) is 0 Å². The Morgan fingerprint density at radius 3 is 2.60 bits per heavy atom. The molecule has 0 spiro atoms. The summed E-state index contributed by atoms with van der Waals surface area (Å²) in [6.45, 7) is 0. The van der Waals surface area contributed by atoms with Crippen molar-refractivity contribution in [3.8, 4) is 11.3 Å². The molecule has 1 aromatic heterocycles. The molecule has 1 heterocycles. The van der Waals surface area contributed by atoms with Gasteiger partial charge in [0.05, 0.1) is 22.8 Å². The molecule has 0 fully saturated rings. The molecule has 7 heteroatoms. The van der Waals surface area contributed by atoms with Crippen LogP contribution in [-0.4, -0.2) is 17.2 Å². The zero-order chi connectivity index (χ0) is 10.9. The van der Waals surface area contributed by atoms with Crippen LogP contribution >= 0.6 is 11.7 Å². The standard InChI is InChI=1S/C8H7N3O2S2/c9-15(12,13)8-4-2-1-3-6(8)7-5-10-14-11-7/h1-5H,(H2,9,12,13). The van der Waals surface area contributed by atoms with Gasteiger partial charge in [-0.25, -0.2) is 13.6 Å². The summed E-state index contributed by atoms with van der Waals surface area (Å²) in [5.74, 6) is 0. The van der Waals surface area contributed by atoms with Gasteiger partial charge in [-0.3, -0.25) is 0 Å². The van der Waals surface area contributed by atoms with Crippen molar-refractivity contribution < 1.29 is 8.42 Å². The largest absolute Gasteiger partial charge is 0.238 e. The first-order chi connectivity index (χ1) is 7.09. The molecule has 0 saturated carbocycles. The van der Waals surface area contributed by atoms with E-state index < -0.39 is 10.0 Å². The van der Waals surface area contributed by atoms with Gasteiger partial charge >= 0.3 is 0 Å². The van der Waals surface area contributed by atoms with Crippen LogP contribution in [0.15, 0.2) is 35.4 Å². The minimum Gasteiger partial charge on any atom is -0.225 e. The Labute approximate surface area is 91.0 Å². The topological polar surface area (TPSA) is 85.9 Å². The van der Waals surface area contributed by atoms with Gasteiger partial charge in [0, 0.05) is 5.56 Å². The summed E-state index contributed by atoms with van der Waals surface area (Å²) < 4.78 is 30.4. The Hall–Kier alpha value is -1.31. The van der Waals surface area contributed by atoms with Crippen molar-refractivity contribution in [1.82, 2.24) is 8.75 Å². The number of nitrogens with zero attached hydrogens (tertiary/aromatic N) is 2. The maximum atomic E-state index is 11.3. The van der Waals surface area contributed by atoms with Crippen LogP contribution in [0.25, 0.3) is 11.3 Å². The van der Waals surface area contributed by atoms with Gasteiger partial charge in [-0.1, -0.05) is 18.2 Å². The minimum absolute atomic E-state index is 0.0673. The van der Waals surface area contributed by atoms with E-state index in [4.69, 9.17) is 5.14 Å². The number of hydrogen-bond donors (Lipinski definition) is 1. The summed E-state index contributed by atoms with van der Waals surface area (Å²) in [5.41, 5.74) is 0.998. The Balaban J connectivity index is 2.68. The molecule has 2 N–H and O–H groups in total. The highest BCUT2D eigenvalue weighted by atomic mass is 32.2. The van der Waals surface area contributed by atoms with Crippen molar-refractivity contribution in [3.63, 3.8) is 0 Å². The third-order valence-electron chi connectivity index (χ3n) is 1.83. The number of rotatable bonds is 2. The second kappa shape index (κ2) is 3.69. The third-order valence-corrected chi connectivity index (χ3v) is 3.28. The van der Waals surface area contributed by atoms with Crippen LogP contribution in [-0.2, 0) is 10.0 Å². The molecule has 0 aliphatic carbocycles. The smallest absolute Gasteiger partial charge is 0.225 e. The Kier molecular flexibility index (Phi) is 2.51. The van der Waals surface area contributed by atoms with Crippen LogP contribution in [0, 0.1) is 0 Å². The Bertz CT molecular complexity index is 563. The fourth-order valence-electron chi connectivity index (χ4n) is 1.21. The molecule has 2 aromatic rings. The Morgan fingerprint density at radius 1 is 1.27 bits per heavy atom. The molecule has 1 aromatic carbocycles. The summed E-state index contributed by atoms with van der Waals surface area (Å²) in [6, 6.07) is 6.44. The molecule has 0 aliphatic rings. The number of nitrogens with two attached hydrogens (primary N) is 1. The van der Waals surface area contributed by atoms with Crippen molar-refractivity contribution in [2.24, 2.45) is 5.14 Å². The van der Waals surface area contributed by atoms with Crippen LogP contribution in [0.5, 0.6) is 0 Å². The van der Waals surface area contributed by atoms with E-state index in [1.54, 1.807) is 18.2 Å². The molecular weight excluding hydrogens is 234 g/mol. The van der Waals surface area contributed by atoms with E-state index in [1.807, 2.05) is 0 Å². The molecule has 0 radical (unpaired) electrons. The first-order valence-corrected chi connectivity index (χ1v) is 6.26. The molecule has 0 aliphatic heterocycles. The second-order valence-corrected chi connectivity index (χ2v) is 4.92. The molecule has 5 nitrogen and oxygen atoms in total. The highest BCUT2D eigenvalue weighted by Crippen LogP contribution is 2.24. The monoisotopic (exact) mass is 241 g/mol. The fourth-order valence-corrected chi connectivity index (χ4v) is 2.38. The van der Waals surface area contributed by atoms with E-state index in [9.17, 15) is 8.42 Å². The Morgan fingerprint density at radius 2 is 2.00 bits per heavy atom. The lowest BCUT2D eigenvalue weighted by Crippen LogP contribution is -2.13.